The van der Waals surface area contributed by atoms with Gasteiger partial charge in [0.15, 0.2) is 0 Å². The van der Waals surface area contributed by atoms with E-state index in [2.05, 4.69) is 15.2 Å². The predicted octanol–water partition coefficient (Wildman–Crippen LogP) is 3.54. The van der Waals surface area contributed by atoms with Crippen molar-refractivity contribution in [3.05, 3.63) is 91.9 Å². The van der Waals surface area contributed by atoms with Crippen molar-refractivity contribution in [3.8, 4) is 0 Å². The summed E-state index contributed by atoms with van der Waals surface area (Å²) in [4.78, 5) is 50.1. The maximum absolute atomic E-state index is 13.1. The minimum atomic E-state index is -0.841. The maximum atomic E-state index is 13.1. The third-order valence-electron chi connectivity index (χ3n) is 7.59. The number of imide groups is 1. The molecule has 0 unspecified atom stereocenters. The summed E-state index contributed by atoms with van der Waals surface area (Å²) in [6.07, 6.45) is 3.34. The van der Waals surface area contributed by atoms with E-state index in [-0.39, 0.29) is 23.9 Å². The molecule has 3 aliphatic rings. The Morgan fingerprint density at radius 1 is 1.03 bits per heavy atom. The van der Waals surface area contributed by atoms with Gasteiger partial charge in [0.05, 0.1) is 39.9 Å². The first-order valence-electron chi connectivity index (χ1n) is 13.1. The molecule has 200 valence electrons. The normalized spacial score (nSPS) is 17.4. The second-order valence-electron chi connectivity index (χ2n) is 10.1. The molecule has 2 aromatic carbocycles. The standard InChI is InChI=1S/C29H28ClN5O4/c30-19-5-3-4-17(12-19)25(36)16-32-22-6-7-31-27(37)26(22)24-14-18-13-20-21(15-23(18)33-24)29(39)35(28(20)38)11-10-34-8-1-2-9-34/h3-7,12-13,15,25,36H,1-2,8-11,14,16H2,(H2,31,32,37)/t25-/m1/s1. The topological polar surface area (TPSA) is 118 Å². The van der Waals surface area contributed by atoms with Crippen LogP contribution in [-0.4, -0.2) is 70.1 Å². The molecule has 1 atom stereocenters. The first-order valence-corrected chi connectivity index (χ1v) is 13.5. The quantitative estimate of drug-likeness (QED) is 0.373. The van der Waals surface area contributed by atoms with Gasteiger partial charge in [0, 0.05) is 37.3 Å². The molecule has 4 heterocycles. The fourth-order valence-electron chi connectivity index (χ4n) is 5.53. The number of aliphatic imine (C=N–C) groups is 1. The lowest BCUT2D eigenvalue weighted by atomic mass is 10.00. The summed E-state index contributed by atoms with van der Waals surface area (Å²) in [5.74, 6) is -0.573. The van der Waals surface area contributed by atoms with Gasteiger partial charge in [-0.3, -0.25) is 24.3 Å². The zero-order valence-electron chi connectivity index (χ0n) is 21.2. The number of hydrogen-bond acceptors (Lipinski definition) is 7. The highest BCUT2D eigenvalue weighted by molar-refractivity contribution is 6.30. The number of rotatable bonds is 8. The van der Waals surface area contributed by atoms with E-state index in [0.29, 0.717) is 63.9 Å². The van der Waals surface area contributed by atoms with Crippen molar-refractivity contribution < 1.29 is 14.7 Å². The number of H-pyrrole nitrogens is 1. The maximum Gasteiger partial charge on any atom is 0.261 e. The third-order valence-corrected chi connectivity index (χ3v) is 7.83. The number of fused-ring (bicyclic) bond motifs is 2. The van der Waals surface area contributed by atoms with Crippen LogP contribution in [0.5, 0.6) is 0 Å². The van der Waals surface area contributed by atoms with Gasteiger partial charge in [0.25, 0.3) is 17.4 Å². The average Bonchev–Trinajstić information content (AvgIpc) is 3.64. The summed E-state index contributed by atoms with van der Waals surface area (Å²) in [5.41, 5.74) is 3.87. The Morgan fingerprint density at radius 3 is 2.56 bits per heavy atom. The van der Waals surface area contributed by atoms with Gasteiger partial charge in [-0.05, 0) is 67.4 Å². The Balaban J connectivity index is 1.22. The molecule has 6 rings (SSSR count). The highest BCUT2D eigenvalue weighted by Crippen LogP contribution is 2.36. The number of aliphatic hydroxyl groups is 1. The Hall–Kier alpha value is -3.79. The molecule has 1 aromatic heterocycles. The Morgan fingerprint density at radius 2 is 1.79 bits per heavy atom. The number of likely N-dealkylation sites (tertiary alicyclic amines) is 1. The molecule has 3 aromatic rings. The molecule has 0 radical (unpaired) electrons. The molecule has 10 heteroatoms. The molecule has 0 aliphatic carbocycles. The number of hydrogen-bond donors (Lipinski definition) is 3. The van der Waals surface area contributed by atoms with Gasteiger partial charge >= 0.3 is 0 Å². The van der Waals surface area contributed by atoms with E-state index in [0.717, 1.165) is 31.5 Å². The number of amides is 2. The van der Waals surface area contributed by atoms with Crippen LogP contribution in [0.2, 0.25) is 5.02 Å². The second-order valence-corrected chi connectivity index (χ2v) is 10.6. The zero-order valence-corrected chi connectivity index (χ0v) is 22.0. The summed E-state index contributed by atoms with van der Waals surface area (Å²) in [5, 5.41) is 14.3. The Bertz CT molecular complexity index is 1560. The van der Waals surface area contributed by atoms with E-state index in [1.807, 2.05) is 0 Å². The first-order chi connectivity index (χ1) is 18.9. The number of aliphatic hydroxyl groups excluding tert-OH is 1. The number of carbonyl (C=O) groups excluding carboxylic acids is 2. The molecule has 0 spiro atoms. The Kier molecular flexibility index (Phi) is 6.80. The Labute approximate surface area is 230 Å². The second kappa shape index (κ2) is 10.4. The number of benzene rings is 2. The van der Waals surface area contributed by atoms with Crippen molar-refractivity contribution in [1.29, 1.82) is 0 Å². The van der Waals surface area contributed by atoms with Gasteiger partial charge in [-0.1, -0.05) is 23.7 Å². The number of aromatic nitrogens is 1. The number of aromatic amines is 1. The van der Waals surface area contributed by atoms with Crippen molar-refractivity contribution >= 4 is 40.5 Å². The highest BCUT2D eigenvalue weighted by atomic mass is 35.5. The van der Waals surface area contributed by atoms with Gasteiger partial charge in [0.2, 0.25) is 0 Å². The number of halogens is 1. The van der Waals surface area contributed by atoms with Crippen LogP contribution < -0.4 is 10.9 Å². The molecule has 2 amide bonds. The fraction of sp³-hybridized carbons (Fsp3) is 0.310. The minimum Gasteiger partial charge on any atom is -0.387 e. The number of anilines is 1. The van der Waals surface area contributed by atoms with E-state index in [1.54, 1.807) is 42.5 Å². The van der Waals surface area contributed by atoms with Crippen molar-refractivity contribution in [1.82, 2.24) is 14.8 Å². The molecule has 1 fully saturated rings. The predicted molar refractivity (Wildman–Crippen MR) is 149 cm³/mol. The monoisotopic (exact) mass is 545 g/mol. The highest BCUT2D eigenvalue weighted by Gasteiger charge is 2.37. The third kappa shape index (κ3) is 4.89. The van der Waals surface area contributed by atoms with Crippen molar-refractivity contribution in [2.45, 2.75) is 25.4 Å². The summed E-state index contributed by atoms with van der Waals surface area (Å²) in [6, 6.07) is 12.1. The fourth-order valence-corrected chi connectivity index (χ4v) is 5.73. The molecular formula is C29H28ClN5O4. The number of nitrogens with zero attached hydrogens (tertiary/aromatic N) is 3. The van der Waals surface area contributed by atoms with E-state index < -0.39 is 6.10 Å². The lowest BCUT2D eigenvalue weighted by molar-refractivity contribution is 0.0640. The van der Waals surface area contributed by atoms with Crippen molar-refractivity contribution in [2.75, 3.05) is 38.0 Å². The summed E-state index contributed by atoms with van der Waals surface area (Å²) >= 11 is 6.05. The van der Waals surface area contributed by atoms with E-state index >= 15 is 0 Å². The van der Waals surface area contributed by atoms with Gasteiger partial charge in [-0.25, -0.2) is 0 Å². The van der Waals surface area contributed by atoms with Gasteiger partial charge in [-0.15, -0.1) is 0 Å². The van der Waals surface area contributed by atoms with Gasteiger partial charge < -0.3 is 20.3 Å². The largest absolute Gasteiger partial charge is 0.387 e. The molecule has 3 N–H and O–H groups in total. The SMILES string of the molecule is O=C1c2cc3c(cc2C(=O)N1CCN1CCCC1)N=C(c1c(NC[C@@H](O)c2cccc(Cl)c2)cc[nH]c1=O)C3. The van der Waals surface area contributed by atoms with E-state index in [9.17, 15) is 19.5 Å². The lowest BCUT2D eigenvalue weighted by Crippen LogP contribution is -2.37. The average molecular weight is 546 g/mol. The summed E-state index contributed by atoms with van der Waals surface area (Å²) in [7, 11) is 0. The van der Waals surface area contributed by atoms with Crippen LogP contribution in [-0.2, 0) is 6.42 Å². The first kappa shape index (κ1) is 25.5. The van der Waals surface area contributed by atoms with Crippen molar-refractivity contribution in [2.24, 2.45) is 4.99 Å². The summed E-state index contributed by atoms with van der Waals surface area (Å²) in [6.45, 7) is 3.22. The lowest BCUT2D eigenvalue weighted by Gasteiger charge is -2.19. The van der Waals surface area contributed by atoms with Gasteiger partial charge in [-0.2, -0.15) is 0 Å². The number of pyridine rings is 1. The van der Waals surface area contributed by atoms with Crippen LogP contribution in [0, 0.1) is 0 Å². The van der Waals surface area contributed by atoms with E-state index in [1.165, 1.54) is 11.1 Å². The molecule has 0 saturated carbocycles. The van der Waals surface area contributed by atoms with Crippen LogP contribution in [0.15, 0.2) is 58.4 Å². The molecular weight excluding hydrogens is 518 g/mol. The molecule has 1 saturated heterocycles. The zero-order chi connectivity index (χ0) is 27.1. The smallest absolute Gasteiger partial charge is 0.261 e. The molecule has 39 heavy (non-hydrogen) atoms. The van der Waals surface area contributed by atoms with Crippen LogP contribution in [0.3, 0.4) is 0 Å². The van der Waals surface area contributed by atoms with Crippen LogP contribution >= 0.6 is 11.6 Å². The number of carbonyl (C=O) groups is 2. The van der Waals surface area contributed by atoms with Gasteiger partial charge in [0.1, 0.15) is 0 Å². The van der Waals surface area contributed by atoms with E-state index in [4.69, 9.17) is 16.6 Å². The molecule has 3 aliphatic heterocycles. The minimum absolute atomic E-state index is 0.154. The van der Waals surface area contributed by atoms with Crippen molar-refractivity contribution in [3.63, 3.8) is 0 Å². The number of nitrogens with one attached hydrogen (secondary N) is 2. The summed E-state index contributed by atoms with van der Waals surface area (Å²) < 4.78 is 0. The van der Waals surface area contributed by atoms with Crippen LogP contribution in [0.4, 0.5) is 11.4 Å². The molecule has 9 nitrogen and oxygen atoms in total. The molecule has 0 bridgehead atoms. The van der Waals surface area contributed by atoms with Crippen LogP contribution in [0.25, 0.3) is 0 Å². The van der Waals surface area contributed by atoms with Crippen LogP contribution in [0.1, 0.15) is 56.4 Å².